The first-order valence-electron chi connectivity index (χ1n) is 7.11. The molecule has 1 aromatic carbocycles. The molecule has 0 saturated carbocycles. The lowest BCUT2D eigenvalue weighted by molar-refractivity contribution is 0.322. The van der Waals surface area contributed by atoms with Gasteiger partial charge in [-0.3, -0.25) is 0 Å². The summed E-state index contributed by atoms with van der Waals surface area (Å²) in [6.45, 7) is 4.92. The minimum Gasteiger partial charge on any atom is -0.492 e. The maximum absolute atomic E-state index is 5.64. The fourth-order valence-corrected chi connectivity index (χ4v) is 2.38. The van der Waals surface area contributed by atoms with Crippen LogP contribution in [0.5, 0.6) is 5.75 Å². The Bertz CT molecular complexity index is 526. The van der Waals surface area contributed by atoms with E-state index >= 15 is 0 Å². The predicted octanol–water partition coefficient (Wildman–Crippen LogP) is 2.88. The molecule has 112 valence electrons. The molecule has 0 spiro atoms. The van der Waals surface area contributed by atoms with Gasteiger partial charge in [0.1, 0.15) is 12.4 Å². The van der Waals surface area contributed by atoms with Gasteiger partial charge in [-0.1, -0.05) is 24.3 Å². The summed E-state index contributed by atoms with van der Waals surface area (Å²) in [5, 5.41) is 8.57. The molecule has 2 aromatic rings. The van der Waals surface area contributed by atoms with E-state index in [-0.39, 0.29) is 0 Å². The Morgan fingerprint density at radius 3 is 2.71 bits per heavy atom. The van der Waals surface area contributed by atoms with Crippen LogP contribution in [0.2, 0.25) is 0 Å². The number of para-hydroxylation sites is 1. The highest BCUT2D eigenvalue weighted by Gasteiger charge is 1.98. The maximum atomic E-state index is 5.64. The number of thiophene rings is 1. The van der Waals surface area contributed by atoms with Crippen LogP contribution in [0.3, 0.4) is 0 Å². The molecule has 1 heterocycles. The van der Waals surface area contributed by atoms with Gasteiger partial charge in [-0.2, -0.15) is 0 Å². The van der Waals surface area contributed by atoms with Crippen molar-refractivity contribution in [3.8, 4) is 5.75 Å². The Labute approximate surface area is 129 Å². The average Bonchev–Trinajstić information content (AvgIpc) is 3.03. The van der Waals surface area contributed by atoms with E-state index in [2.05, 4.69) is 34.0 Å². The number of hydrogen-bond donors (Lipinski definition) is 2. The number of nitrogens with one attached hydrogen (secondary N) is 2. The van der Waals surface area contributed by atoms with Gasteiger partial charge in [0.05, 0.1) is 13.1 Å². The SMILES string of the molecule is CCNC(=NCc1cccs1)NCCOc1ccccc1. The number of nitrogens with zero attached hydrogens (tertiary/aromatic N) is 1. The highest BCUT2D eigenvalue weighted by molar-refractivity contribution is 7.09. The van der Waals surface area contributed by atoms with Crippen molar-refractivity contribution in [2.24, 2.45) is 4.99 Å². The summed E-state index contributed by atoms with van der Waals surface area (Å²) in [5.41, 5.74) is 0. The van der Waals surface area contributed by atoms with Crippen LogP contribution in [-0.2, 0) is 6.54 Å². The fourth-order valence-electron chi connectivity index (χ4n) is 1.76. The minimum atomic E-state index is 0.605. The summed E-state index contributed by atoms with van der Waals surface area (Å²) in [5.74, 6) is 1.71. The van der Waals surface area contributed by atoms with E-state index in [9.17, 15) is 0 Å². The Kier molecular flexibility index (Phi) is 6.61. The number of rotatable bonds is 7. The first-order valence-corrected chi connectivity index (χ1v) is 7.99. The summed E-state index contributed by atoms with van der Waals surface area (Å²) in [4.78, 5) is 5.81. The molecule has 2 N–H and O–H groups in total. The van der Waals surface area contributed by atoms with E-state index in [1.807, 2.05) is 36.4 Å². The van der Waals surface area contributed by atoms with Gasteiger partial charge in [0, 0.05) is 11.4 Å². The van der Waals surface area contributed by atoms with Crippen LogP contribution in [0.25, 0.3) is 0 Å². The van der Waals surface area contributed by atoms with E-state index in [4.69, 9.17) is 4.74 Å². The van der Waals surface area contributed by atoms with Gasteiger partial charge in [0.25, 0.3) is 0 Å². The van der Waals surface area contributed by atoms with Crippen LogP contribution in [0.4, 0.5) is 0 Å². The Balaban J connectivity index is 1.73. The quantitative estimate of drug-likeness (QED) is 0.470. The van der Waals surface area contributed by atoms with Crippen molar-refractivity contribution in [3.05, 3.63) is 52.7 Å². The summed E-state index contributed by atoms with van der Waals surface area (Å²) >= 11 is 1.72. The summed E-state index contributed by atoms with van der Waals surface area (Å²) in [6.07, 6.45) is 0. The largest absolute Gasteiger partial charge is 0.492 e. The third-order valence-corrected chi connectivity index (χ3v) is 3.58. The van der Waals surface area contributed by atoms with Gasteiger partial charge in [0.15, 0.2) is 5.96 Å². The second kappa shape index (κ2) is 9.02. The van der Waals surface area contributed by atoms with E-state index in [0.29, 0.717) is 19.7 Å². The summed E-state index contributed by atoms with van der Waals surface area (Å²) < 4.78 is 5.64. The predicted molar refractivity (Wildman–Crippen MR) is 89.1 cm³/mol. The molecule has 21 heavy (non-hydrogen) atoms. The molecule has 0 radical (unpaired) electrons. The van der Waals surface area contributed by atoms with Gasteiger partial charge < -0.3 is 15.4 Å². The molecule has 2 rings (SSSR count). The monoisotopic (exact) mass is 303 g/mol. The number of ether oxygens (including phenoxy) is 1. The third kappa shape index (κ3) is 5.87. The average molecular weight is 303 g/mol. The van der Waals surface area contributed by atoms with Crippen molar-refractivity contribution in [1.82, 2.24) is 10.6 Å². The first kappa shape index (κ1) is 15.4. The number of benzene rings is 1. The second-order valence-electron chi connectivity index (χ2n) is 4.36. The number of aliphatic imine (C=N–C) groups is 1. The lowest BCUT2D eigenvalue weighted by Gasteiger charge is -2.11. The van der Waals surface area contributed by atoms with E-state index in [1.54, 1.807) is 11.3 Å². The summed E-state index contributed by atoms with van der Waals surface area (Å²) in [7, 11) is 0. The number of guanidine groups is 1. The van der Waals surface area contributed by atoms with Crippen LogP contribution >= 0.6 is 11.3 Å². The molecule has 0 atom stereocenters. The molecule has 0 aliphatic carbocycles. The van der Waals surface area contributed by atoms with Crippen molar-refractivity contribution >= 4 is 17.3 Å². The van der Waals surface area contributed by atoms with Gasteiger partial charge >= 0.3 is 0 Å². The molecule has 5 heteroatoms. The first-order chi connectivity index (χ1) is 10.4. The summed E-state index contributed by atoms with van der Waals surface area (Å²) in [6, 6.07) is 14.0. The van der Waals surface area contributed by atoms with E-state index in [0.717, 1.165) is 18.3 Å². The van der Waals surface area contributed by atoms with Crippen LogP contribution in [0.15, 0.2) is 52.8 Å². The van der Waals surface area contributed by atoms with Crippen LogP contribution < -0.4 is 15.4 Å². The molecule has 1 aromatic heterocycles. The Morgan fingerprint density at radius 1 is 1.14 bits per heavy atom. The van der Waals surface area contributed by atoms with Gasteiger partial charge in [-0.25, -0.2) is 4.99 Å². The van der Waals surface area contributed by atoms with Crippen LogP contribution in [0.1, 0.15) is 11.8 Å². The van der Waals surface area contributed by atoms with Crippen molar-refractivity contribution in [2.45, 2.75) is 13.5 Å². The van der Waals surface area contributed by atoms with Crippen molar-refractivity contribution < 1.29 is 4.74 Å². The highest BCUT2D eigenvalue weighted by Crippen LogP contribution is 2.09. The van der Waals surface area contributed by atoms with Crippen LogP contribution in [-0.4, -0.2) is 25.7 Å². The maximum Gasteiger partial charge on any atom is 0.191 e. The fraction of sp³-hybridized carbons (Fsp3) is 0.312. The van der Waals surface area contributed by atoms with Gasteiger partial charge in [0.2, 0.25) is 0 Å². The minimum absolute atomic E-state index is 0.605. The van der Waals surface area contributed by atoms with Crippen molar-refractivity contribution in [2.75, 3.05) is 19.7 Å². The zero-order chi connectivity index (χ0) is 14.8. The van der Waals surface area contributed by atoms with Gasteiger partial charge in [-0.05, 0) is 30.5 Å². The van der Waals surface area contributed by atoms with Crippen molar-refractivity contribution in [1.29, 1.82) is 0 Å². The molecule has 4 nitrogen and oxygen atoms in total. The molecule has 0 bridgehead atoms. The van der Waals surface area contributed by atoms with Crippen LogP contribution in [0, 0.1) is 0 Å². The topological polar surface area (TPSA) is 45.7 Å². The van der Waals surface area contributed by atoms with E-state index in [1.165, 1.54) is 4.88 Å². The van der Waals surface area contributed by atoms with Crippen molar-refractivity contribution in [3.63, 3.8) is 0 Å². The molecular formula is C16H21N3OS. The molecule has 0 fully saturated rings. The molecule has 0 unspecified atom stereocenters. The molecule has 0 saturated heterocycles. The molecule has 0 aliphatic heterocycles. The zero-order valence-electron chi connectivity index (χ0n) is 12.2. The lowest BCUT2D eigenvalue weighted by Crippen LogP contribution is -2.39. The second-order valence-corrected chi connectivity index (χ2v) is 5.40. The van der Waals surface area contributed by atoms with Gasteiger partial charge in [-0.15, -0.1) is 11.3 Å². The zero-order valence-corrected chi connectivity index (χ0v) is 13.0. The molecular weight excluding hydrogens is 282 g/mol. The number of hydrogen-bond acceptors (Lipinski definition) is 3. The third-order valence-electron chi connectivity index (χ3n) is 2.72. The standard InChI is InChI=1S/C16H21N3OS/c1-2-17-16(19-13-15-9-6-12-21-15)18-10-11-20-14-7-4-3-5-8-14/h3-9,12H,2,10-11,13H2,1H3,(H2,17,18,19). The molecule has 0 aliphatic rings. The molecule has 0 amide bonds. The highest BCUT2D eigenvalue weighted by atomic mass is 32.1. The lowest BCUT2D eigenvalue weighted by atomic mass is 10.3. The normalized spacial score (nSPS) is 11.2. The smallest absolute Gasteiger partial charge is 0.191 e. The Hall–Kier alpha value is -2.01. The van der Waals surface area contributed by atoms with E-state index < -0.39 is 0 Å². The Morgan fingerprint density at radius 2 is 2.00 bits per heavy atom.